The number of likely N-dealkylation sites (tertiary alicyclic amines) is 1. The topological polar surface area (TPSA) is 81.3 Å². The monoisotopic (exact) mass is 582 g/mol. The number of amides is 2. The summed E-state index contributed by atoms with van der Waals surface area (Å²) in [5.41, 5.74) is 0.451. The van der Waals surface area contributed by atoms with Crippen LogP contribution in [-0.2, 0) is 4.79 Å². The Bertz CT molecular complexity index is 1400. The number of nitrogens with zero attached hydrogens (tertiary/aromatic N) is 5. The smallest absolute Gasteiger partial charge is 0.261 e. The number of anilines is 1. The summed E-state index contributed by atoms with van der Waals surface area (Å²) in [7, 11) is 1.98. The second-order valence-corrected chi connectivity index (χ2v) is 12.3. The molecule has 0 unspecified atom stereocenters. The number of aromatic nitrogens is 1. The van der Waals surface area contributed by atoms with Crippen LogP contribution in [0.4, 0.5) is 10.2 Å². The zero-order valence-electron chi connectivity index (χ0n) is 23.7. The number of hydrogen-bond acceptors (Lipinski definition) is 7. The molecule has 2 amide bonds. The van der Waals surface area contributed by atoms with Gasteiger partial charge in [-0.2, -0.15) is 0 Å². The van der Waals surface area contributed by atoms with Crippen molar-refractivity contribution >= 4 is 29.2 Å². The van der Waals surface area contributed by atoms with Crippen LogP contribution in [0, 0.1) is 5.82 Å². The van der Waals surface area contributed by atoms with Crippen molar-refractivity contribution in [3.63, 3.8) is 0 Å². The second-order valence-electron chi connectivity index (χ2n) is 12.0. The lowest BCUT2D eigenvalue weighted by atomic mass is 9.96. The summed E-state index contributed by atoms with van der Waals surface area (Å²) >= 11 is 6.93. The van der Waals surface area contributed by atoms with E-state index < -0.39 is 5.82 Å². The van der Waals surface area contributed by atoms with Gasteiger partial charge in [-0.1, -0.05) is 30.3 Å². The Morgan fingerprint density at radius 3 is 2.66 bits per heavy atom. The number of rotatable bonds is 5. The van der Waals surface area contributed by atoms with Crippen LogP contribution in [0.2, 0.25) is 5.02 Å². The van der Waals surface area contributed by atoms with Gasteiger partial charge in [-0.15, -0.1) is 0 Å². The van der Waals surface area contributed by atoms with Crippen molar-refractivity contribution in [3.8, 4) is 17.0 Å². The minimum atomic E-state index is -0.457. The Balaban J connectivity index is 1.45. The first-order valence-electron chi connectivity index (χ1n) is 14.2. The van der Waals surface area contributed by atoms with Crippen molar-refractivity contribution in [3.05, 3.63) is 53.3 Å². The Kier molecular flexibility index (Phi) is 7.20. The number of halogens is 2. The SMILES string of the molecule is C=CC(=O)N1CCN2C(=O)c3c(N4C[C@@H](N5CC(NC)C5)CC4(C)C)nc(-c4ccccc4F)c(Cl)c3OC[C@H]2C1. The molecule has 1 N–H and O–H groups in total. The maximum Gasteiger partial charge on any atom is 0.261 e. The normalized spacial score (nSPS) is 24.3. The molecule has 2 atom stereocenters. The third-order valence-corrected chi connectivity index (χ3v) is 9.37. The van der Waals surface area contributed by atoms with Crippen LogP contribution in [0.5, 0.6) is 5.75 Å². The van der Waals surface area contributed by atoms with Crippen LogP contribution < -0.4 is 15.0 Å². The largest absolute Gasteiger partial charge is 0.489 e. The molecule has 9 nitrogen and oxygen atoms in total. The molecule has 0 spiro atoms. The molecule has 0 radical (unpaired) electrons. The summed E-state index contributed by atoms with van der Waals surface area (Å²) in [5, 5.41) is 3.44. The summed E-state index contributed by atoms with van der Waals surface area (Å²) in [4.78, 5) is 39.7. The maximum atomic E-state index is 15.1. The van der Waals surface area contributed by atoms with Gasteiger partial charge in [0.25, 0.3) is 5.91 Å². The molecular weight excluding hydrogens is 547 g/mol. The van der Waals surface area contributed by atoms with Gasteiger partial charge in [0, 0.05) is 62.5 Å². The van der Waals surface area contributed by atoms with Gasteiger partial charge >= 0.3 is 0 Å². The van der Waals surface area contributed by atoms with Gasteiger partial charge in [0.2, 0.25) is 5.91 Å². The summed E-state index contributed by atoms with van der Waals surface area (Å²) in [5.74, 6) is -0.208. The molecule has 3 saturated heterocycles. The van der Waals surface area contributed by atoms with Crippen molar-refractivity contribution in [2.24, 2.45) is 0 Å². The molecule has 0 aliphatic carbocycles. The lowest BCUT2D eigenvalue weighted by Crippen LogP contribution is -2.60. The molecule has 1 aromatic carbocycles. The molecular formula is C30H36ClFN6O3. The maximum absolute atomic E-state index is 15.1. The third-order valence-electron chi connectivity index (χ3n) is 9.02. The van der Waals surface area contributed by atoms with E-state index in [4.69, 9.17) is 21.3 Å². The minimum absolute atomic E-state index is 0.106. The number of nitrogens with one attached hydrogen (secondary N) is 1. The van der Waals surface area contributed by atoms with Crippen LogP contribution in [0.1, 0.15) is 30.6 Å². The van der Waals surface area contributed by atoms with E-state index >= 15 is 4.39 Å². The van der Waals surface area contributed by atoms with E-state index in [2.05, 4.69) is 35.5 Å². The Labute approximate surface area is 244 Å². The quantitative estimate of drug-likeness (QED) is 0.543. The summed E-state index contributed by atoms with van der Waals surface area (Å²) in [6.07, 6.45) is 2.17. The van der Waals surface area contributed by atoms with Crippen molar-refractivity contribution in [1.82, 2.24) is 25.0 Å². The highest BCUT2D eigenvalue weighted by atomic mass is 35.5. The molecule has 3 fully saturated rings. The highest BCUT2D eigenvalue weighted by molar-refractivity contribution is 6.35. The van der Waals surface area contributed by atoms with Crippen LogP contribution in [-0.4, -0.2) is 108 Å². The number of likely N-dealkylation sites (N-methyl/N-ethyl adjacent to an activating group) is 1. The number of ether oxygens (including phenoxy) is 1. The molecule has 4 aliphatic heterocycles. The Morgan fingerprint density at radius 1 is 1.20 bits per heavy atom. The lowest BCUT2D eigenvalue weighted by molar-refractivity contribution is -0.128. The van der Waals surface area contributed by atoms with E-state index in [1.807, 2.05) is 7.05 Å². The molecule has 0 saturated carbocycles. The van der Waals surface area contributed by atoms with Crippen molar-refractivity contribution < 1.29 is 18.7 Å². The first kappa shape index (κ1) is 27.9. The fourth-order valence-electron chi connectivity index (χ4n) is 6.62. The van der Waals surface area contributed by atoms with E-state index in [9.17, 15) is 9.59 Å². The lowest BCUT2D eigenvalue weighted by Gasteiger charge is -2.43. The molecule has 2 aromatic rings. The summed E-state index contributed by atoms with van der Waals surface area (Å²) in [6.45, 7) is 11.7. The van der Waals surface area contributed by atoms with Crippen molar-refractivity contribution in [2.75, 3.05) is 57.8 Å². The summed E-state index contributed by atoms with van der Waals surface area (Å²) in [6, 6.07) is 6.74. The van der Waals surface area contributed by atoms with Crippen LogP contribution in [0.15, 0.2) is 36.9 Å². The molecule has 4 aliphatic rings. The predicted octanol–water partition coefficient (Wildman–Crippen LogP) is 3.03. The van der Waals surface area contributed by atoms with Crippen molar-refractivity contribution in [1.29, 1.82) is 0 Å². The highest BCUT2D eigenvalue weighted by Gasteiger charge is 2.48. The molecule has 5 heterocycles. The fraction of sp³-hybridized carbons (Fsp3) is 0.500. The van der Waals surface area contributed by atoms with E-state index in [-0.39, 0.29) is 58.1 Å². The number of piperazine rings is 1. The van der Waals surface area contributed by atoms with E-state index in [1.165, 1.54) is 12.1 Å². The van der Waals surface area contributed by atoms with Gasteiger partial charge < -0.3 is 24.8 Å². The van der Waals surface area contributed by atoms with E-state index in [0.717, 1.165) is 19.5 Å². The van der Waals surface area contributed by atoms with Gasteiger partial charge in [-0.25, -0.2) is 9.37 Å². The first-order chi connectivity index (χ1) is 19.6. The number of carbonyl (C=O) groups excluding carboxylic acids is 2. The average Bonchev–Trinajstić information content (AvgIpc) is 3.16. The molecule has 0 bridgehead atoms. The number of pyridine rings is 1. The first-order valence-corrected chi connectivity index (χ1v) is 14.5. The predicted molar refractivity (Wildman–Crippen MR) is 156 cm³/mol. The highest BCUT2D eigenvalue weighted by Crippen LogP contribution is 2.47. The molecule has 6 rings (SSSR count). The van der Waals surface area contributed by atoms with Gasteiger partial charge in [-0.3, -0.25) is 14.5 Å². The van der Waals surface area contributed by atoms with E-state index in [0.29, 0.717) is 43.6 Å². The fourth-order valence-corrected chi connectivity index (χ4v) is 6.92. The van der Waals surface area contributed by atoms with E-state index in [1.54, 1.807) is 28.0 Å². The number of fused-ring (bicyclic) bond motifs is 2. The van der Waals surface area contributed by atoms with Gasteiger partial charge in [-0.05, 0) is 45.5 Å². The number of hydrogen-bond donors (Lipinski definition) is 1. The molecule has 218 valence electrons. The zero-order valence-corrected chi connectivity index (χ0v) is 24.5. The molecule has 11 heteroatoms. The van der Waals surface area contributed by atoms with Crippen LogP contribution >= 0.6 is 11.6 Å². The number of carbonyl (C=O) groups is 2. The Morgan fingerprint density at radius 2 is 1.95 bits per heavy atom. The Hall–Kier alpha value is -3.21. The third kappa shape index (κ3) is 4.75. The molecule has 41 heavy (non-hydrogen) atoms. The second kappa shape index (κ2) is 10.6. The average molecular weight is 583 g/mol. The van der Waals surface area contributed by atoms with Gasteiger partial charge in [0.1, 0.15) is 28.8 Å². The van der Waals surface area contributed by atoms with Crippen LogP contribution in [0.25, 0.3) is 11.3 Å². The van der Waals surface area contributed by atoms with Crippen molar-refractivity contribution in [2.45, 2.75) is 43.9 Å². The summed E-state index contributed by atoms with van der Waals surface area (Å²) < 4.78 is 21.4. The zero-order chi connectivity index (χ0) is 29.1. The standard InChI is InChI=1S/C30H36ClFN6O3/c1-5-23(39)35-10-11-37-20(15-35)17-41-27-24(29(37)40)28(34-26(25(27)31)21-8-6-7-9-22(21)32)38-16-19(12-30(38,2)3)36-13-18(14-36)33-4/h5-9,18-20,33H,1,10-17H2,2-4H3/t19-,20+/m0/s1. The van der Waals surface area contributed by atoms with Gasteiger partial charge in [0.15, 0.2) is 5.75 Å². The van der Waals surface area contributed by atoms with Gasteiger partial charge in [0.05, 0.1) is 11.7 Å². The van der Waals surface area contributed by atoms with Crippen LogP contribution in [0.3, 0.4) is 0 Å². The molecule has 1 aromatic heterocycles. The minimum Gasteiger partial charge on any atom is -0.489 e. The number of benzene rings is 1.